The van der Waals surface area contributed by atoms with Crippen molar-refractivity contribution < 1.29 is 4.79 Å². The number of benzene rings is 1. The second kappa shape index (κ2) is 6.67. The Labute approximate surface area is 147 Å². The Morgan fingerprint density at radius 3 is 2.64 bits per heavy atom. The van der Waals surface area contributed by atoms with Crippen molar-refractivity contribution in [1.29, 1.82) is 0 Å². The minimum absolute atomic E-state index is 0.103. The van der Waals surface area contributed by atoms with Crippen LogP contribution in [0.15, 0.2) is 42.5 Å². The Morgan fingerprint density at radius 2 is 1.88 bits per heavy atom. The van der Waals surface area contributed by atoms with E-state index in [9.17, 15) is 4.79 Å². The van der Waals surface area contributed by atoms with Gasteiger partial charge in [-0.25, -0.2) is 9.50 Å². The number of nitrogens with one attached hydrogen (secondary N) is 1. The number of carbonyl (C=O) groups is 1. The first-order chi connectivity index (χ1) is 12.2. The summed E-state index contributed by atoms with van der Waals surface area (Å²) in [5.41, 5.74) is 4.04. The van der Waals surface area contributed by atoms with Crippen LogP contribution in [0.1, 0.15) is 48.3 Å². The van der Waals surface area contributed by atoms with Gasteiger partial charge in [0.1, 0.15) is 0 Å². The third-order valence-corrected chi connectivity index (χ3v) is 4.80. The molecule has 2 heterocycles. The highest BCUT2D eigenvalue weighted by molar-refractivity contribution is 5.93. The summed E-state index contributed by atoms with van der Waals surface area (Å²) in [4.78, 5) is 17.1. The first kappa shape index (κ1) is 15.8. The molecule has 0 unspecified atom stereocenters. The van der Waals surface area contributed by atoms with E-state index in [4.69, 9.17) is 0 Å². The van der Waals surface area contributed by atoms with Crippen molar-refractivity contribution in [1.82, 2.24) is 19.9 Å². The van der Waals surface area contributed by atoms with E-state index < -0.39 is 0 Å². The summed E-state index contributed by atoms with van der Waals surface area (Å²) in [6.45, 7) is 1.96. The molecule has 0 radical (unpaired) electrons. The Hall–Kier alpha value is -2.69. The van der Waals surface area contributed by atoms with Gasteiger partial charge in [-0.1, -0.05) is 49.6 Å². The van der Waals surface area contributed by atoms with Gasteiger partial charge >= 0.3 is 0 Å². The van der Waals surface area contributed by atoms with Crippen molar-refractivity contribution in [3.05, 3.63) is 53.9 Å². The highest BCUT2D eigenvalue weighted by atomic mass is 16.2. The summed E-state index contributed by atoms with van der Waals surface area (Å²) in [5.74, 6) is -0.103. The second-order valence-electron chi connectivity index (χ2n) is 6.76. The zero-order valence-corrected chi connectivity index (χ0v) is 14.4. The molecule has 1 aromatic carbocycles. The monoisotopic (exact) mass is 334 g/mol. The van der Waals surface area contributed by atoms with Crippen molar-refractivity contribution in [2.45, 2.75) is 45.1 Å². The quantitative estimate of drug-likeness (QED) is 0.793. The van der Waals surface area contributed by atoms with E-state index in [0.717, 1.165) is 29.8 Å². The van der Waals surface area contributed by atoms with E-state index in [-0.39, 0.29) is 11.9 Å². The van der Waals surface area contributed by atoms with Crippen LogP contribution in [0.3, 0.4) is 0 Å². The number of carbonyl (C=O) groups excluding carboxylic acids is 1. The standard InChI is InChI=1S/C20H22N4O/c1-14-12-18(15-8-4-2-5-9-15)24-19(21-14)13-17(23-24)20(25)22-16-10-6-3-7-11-16/h2,4-5,8-9,12-13,16H,3,6-7,10-11H2,1H3,(H,22,25). The fraction of sp³-hybridized carbons (Fsp3) is 0.350. The van der Waals surface area contributed by atoms with Crippen LogP contribution in [0, 0.1) is 6.92 Å². The summed E-state index contributed by atoms with van der Waals surface area (Å²) in [6.07, 6.45) is 5.77. The van der Waals surface area contributed by atoms with Gasteiger partial charge in [-0.3, -0.25) is 4.79 Å². The summed E-state index contributed by atoms with van der Waals surface area (Å²) in [5, 5.41) is 7.67. The normalized spacial score (nSPS) is 15.4. The first-order valence-electron chi connectivity index (χ1n) is 8.94. The summed E-state index contributed by atoms with van der Waals surface area (Å²) in [7, 11) is 0. The molecule has 1 amide bonds. The molecule has 0 aliphatic heterocycles. The Balaban J connectivity index is 1.69. The molecule has 5 heteroatoms. The molecule has 3 aromatic rings. The molecule has 1 N–H and O–H groups in total. The van der Waals surface area contributed by atoms with E-state index in [2.05, 4.69) is 15.4 Å². The number of hydrogen-bond donors (Lipinski definition) is 1. The van der Waals surface area contributed by atoms with Gasteiger partial charge in [-0.05, 0) is 25.8 Å². The van der Waals surface area contributed by atoms with Crippen LogP contribution in [0.25, 0.3) is 16.9 Å². The predicted molar refractivity (Wildman–Crippen MR) is 97.5 cm³/mol. The molecule has 4 rings (SSSR count). The average molecular weight is 334 g/mol. The zero-order chi connectivity index (χ0) is 17.2. The highest BCUT2D eigenvalue weighted by Crippen LogP contribution is 2.22. The van der Waals surface area contributed by atoms with Crippen LogP contribution in [-0.2, 0) is 0 Å². The largest absolute Gasteiger partial charge is 0.348 e. The van der Waals surface area contributed by atoms with Crippen molar-refractivity contribution in [3.8, 4) is 11.3 Å². The molecule has 5 nitrogen and oxygen atoms in total. The molecule has 1 fully saturated rings. The molecule has 1 saturated carbocycles. The minimum atomic E-state index is -0.103. The molecular formula is C20H22N4O. The Morgan fingerprint density at radius 1 is 1.12 bits per heavy atom. The van der Waals surface area contributed by atoms with Crippen LogP contribution in [0.4, 0.5) is 0 Å². The van der Waals surface area contributed by atoms with Gasteiger partial charge in [-0.2, -0.15) is 5.10 Å². The summed E-state index contributed by atoms with van der Waals surface area (Å²) in [6, 6.07) is 14.1. The van der Waals surface area contributed by atoms with Gasteiger partial charge < -0.3 is 5.32 Å². The van der Waals surface area contributed by atoms with Crippen molar-refractivity contribution in [2.75, 3.05) is 0 Å². The van der Waals surface area contributed by atoms with E-state index in [1.165, 1.54) is 19.3 Å². The van der Waals surface area contributed by atoms with Crippen LogP contribution in [0.2, 0.25) is 0 Å². The van der Waals surface area contributed by atoms with E-state index in [1.807, 2.05) is 43.3 Å². The van der Waals surface area contributed by atoms with E-state index >= 15 is 0 Å². The lowest BCUT2D eigenvalue weighted by Crippen LogP contribution is -2.36. The lowest BCUT2D eigenvalue weighted by Gasteiger charge is -2.22. The van der Waals surface area contributed by atoms with Crippen LogP contribution >= 0.6 is 0 Å². The third kappa shape index (κ3) is 3.27. The summed E-state index contributed by atoms with van der Waals surface area (Å²) < 4.78 is 1.76. The van der Waals surface area contributed by atoms with Crippen molar-refractivity contribution >= 4 is 11.6 Å². The fourth-order valence-corrected chi connectivity index (χ4v) is 3.53. The SMILES string of the molecule is Cc1cc(-c2ccccc2)n2nc(C(=O)NC3CCCCC3)cc2n1. The molecular weight excluding hydrogens is 312 g/mol. The van der Waals surface area contributed by atoms with E-state index in [0.29, 0.717) is 11.3 Å². The maximum atomic E-state index is 12.6. The van der Waals surface area contributed by atoms with Crippen LogP contribution < -0.4 is 5.32 Å². The lowest BCUT2D eigenvalue weighted by atomic mass is 9.95. The fourth-order valence-electron chi connectivity index (χ4n) is 3.53. The highest BCUT2D eigenvalue weighted by Gasteiger charge is 2.19. The smallest absolute Gasteiger partial charge is 0.272 e. The predicted octanol–water partition coefficient (Wildman–Crippen LogP) is 3.77. The van der Waals surface area contributed by atoms with E-state index in [1.54, 1.807) is 10.6 Å². The van der Waals surface area contributed by atoms with Gasteiger partial charge in [-0.15, -0.1) is 0 Å². The van der Waals surface area contributed by atoms with Crippen molar-refractivity contribution in [3.63, 3.8) is 0 Å². The lowest BCUT2D eigenvalue weighted by molar-refractivity contribution is 0.0922. The van der Waals surface area contributed by atoms with Crippen LogP contribution in [0.5, 0.6) is 0 Å². The maximum absolute atomic E-state index is 12.6. The van der Waals surface area contributed by atoms with Gasteiger partial charge in [0.25, 0.3) is 5.91 Å². The number of fused-ring (bicyclic) bond motifs is 1. The summed E-state index contributed by atoms with van der Waals surface area (Å²) >= 11 is 0. The molecule has 25 heavy (non-hydrogen) atoms. The second-order valence-corrected chi connectivity index (χ2v) is 6.76. The molecule has 0 atom stereocenters. The molecule has 1 aliphatic rings. The minimum Gasteiger partial charge on any atom is -0.348 e. The molecule has 0 spiro atoms. The van der Waals surface area contributed by atoms with Gasteiger partial charge in [0.05, 0.1) is 5.69 Å². The Kier molecular flexibility index (Phi) is 4.22. The molecule has 128 valence electrons. The number of hydrogen-bond acceptors (Lipinski definition) is 3. The Bertz CT molecular complexity index is 895. The van der Waals surface area contributed by atoms with Gasteiger partial charge in [0.15, 0.2) is 11.3 Å². The zero-order valence-electron chi connectivity index (χ0n) is 14.4. The number of nitrogens with zero attached hydrogens (tertiary/aromatic N) is 3. The number of rotatable bonds is 3. The number of aryl methyl sites for hydroxylation is 1. The third-order valence-electron chi connectivity index (χ3n) is 4.80. The first-order valence-corrected chi connectivity index (χ1v) is 8.94. The topological polar surface area (TPSA) is 59.3 Å². The van der Waals surface area contributed by atoms with Gasteiger partial charge in [0, 0.05) is 23.4 Å². The average Bonchev–Trinajstić information content (AvgIpc) is 3.06. The molecule has 0 bridgehead atoms. The maximum Gasteiger partial charge on any atom is 0.272 e. The van der Waals surface area contributed by atoms with Crippen molar-refractivity contribution in [2.24, 2.45) is 0 Å². The molecule has 2 aromatic heterocycles. The van der Waals surface area contributed by atoms with Gasteiger partial charge in [0.2, 0.25) is 0 Å². The number of amides is 1. The number of aromatic nitrogens is 3. The van der Waals surface area contributed by atoms with Crippen LogP contribution in [-0.4, -0.2) is 26.5 Å². The molecule has 1 aliphatic carbocycles. The molecule has 0 saturated heterocycles.